The summed E-state index contributed by atoms with van der Waals surface area (Å²) in [5.41, 5.74) is 1.90. The van der Waals surface area contributed by atoms with Gasteiger partial charge in [0.05, 0.1) is 26.4 Å². The van der Waals surface area contributed by atoms with Gasteiger partial charge in [0.15, 0.2) is 17.5 Å². The number of hydrogen-bond donors (Lipinski definition) is 2. The van der Waals surface area contributed by atoms with Crippen molar-refractivity contribution in [2.75, 3.05) is 32.9 Å². The van der Waals surface area contributed by atoms with E-state index >= 15 is 0 Å². The molecule has 0 radical (unpaired) electrons. The van der Waals surface area contributed by atoms with Crippen molar-refractivity contribution in [3.8, 4) is 11.5 Å². The molecule has 1 aromatic carbocycles. The average molecular weight is 397 g/mol. The molecule has 0 saturated carbocycles. The molecule has 1 aliphatic rings. The number of nitrogens with zero attached hydrogens (tertiary/aromatic N) is 1. The van der Waals surface area contributed by atoms with Crippen molar-refractivity contribution in [2.45, 2.75) is 39.8 Å². The molecule has 0 fully saturated rings. The van der Waals surface area contributed by atoms with Gasteiger partial charge in [0.2, 0.25) is 0 Å². The summed E-state index contributed by atoms with van der Waals surface area (Å²) < 4.78 is 41.1. The van der Waals surface area contributed by atoms with Crippen molar-refractivity contribution in [1.82, 2.24) is 10.6 Å². The number of nitrogens with one attached hydrogen (secondary N) is 2. The molecule has 0 atom stereocenters. The Balaban J connectivity index is 2.04. The number of alkyl halides is 2. The van der Waals surface area contributed by atoms with Crippen LogP contribution in [0.4, 0.5) is 8.78 Å². The lowest BCUT2D eigenvalue weighted by molar-refractivity contribution is -0.0520. The fraction of sp³-hybridized carbons (Fsp3) is 0.550. The van der Waals surface area contributed by atoms with Crippen LogP contribution in [0.3, 0.4) is 0 Å². The van der Waals surface area contributed by atoms with Gasteiger partial charge in [-0.2, -0.15) is 8.78 Å². The summed E-state index contributed by atoms with van der Waals surface area (Å²) in [7, 11) is 0. The second kappa shape index (κ2) is 12.2. The molecule has 0 unspecified atom stereocenters. The van der Waals surface area contributed by atoms with Crippen LogP contribution >= 0.6 is 0 Å². The van der Waals surface area contributed by atoms with Gasteiger partial charge in [-0.1, -0.05) is 23.8 Å². The Bertz CT molecular complexity index is 666. The van der Waals surface area contributed by atoms with Gasteiger partial charge in [0, 0.05) is 18.7 Å². The molecule has 2 N–H and O–H groups in total. The van der Waals surface area contributed by atoms with Gasteiger partial charge in [-0.15, -0.1) is 0 Å². The molecule has 0 aromatic heterocycles. The summed E-state index contributed by atoms with van der Waals surface area (Å²) in [4.78, 5) is 4.51. The average Bonchev–Trinajstić information content (AvgIpc) is 2.68. The Kier molecular flexibility index (Phi) is 9.54. The van der Waals surface area contributed by atoms with Gasteiger partial charge in [-0.25, -0.2) is 4.99 Å². The van der Waals surface area contributed by atoms with Gasteiger partial charge < -0.3 is 24.8 Å². The third kappa shape index (κ3) is 7.34. The number of hydrogen-bond acceptors (Lipinski definition) is 4. The molecule has 1 aromatic rings. The highest BCUT2D eigenvalue weighted by atomic mass is 19.3. The molecule has 0 spiro atoms. The zero-order valence-corrected chi connectivity index (χ0v) is 16.5. The molecule has 0 saturated heterocycles. The van der Waals surface area contributed by atoms with Crippen LogP contribution in [0, 0.1) is 0 Å². The van der Waals surface area contributed by atoms with Crippen molar-refractivity contribution >= 4 is 5.96 Å². The van der Waals surface area contributed by atoms with Crippen molar-refractivity contribution in [3.05, 3.63) is 35.4 Å². The van der Waals surface area contributed by atoms with Crippen LogP contribution in [-0.4, -0.2) is 45.5 Å². The maximum atomic E-state index is 12.8. The highest BCUT2D eigenvalue weighted by Crippen LogP contribution is 2.33. The van der Waals surface area contributed by atoms with Gasteiger partial charge in [0.1, 0.15) is 0 Å². The van der Waals surface area contributed by atoms with Gasteiger partial charge in [-0.05, 0) is 32.8 Å². The van der Waals surface area contributed by atoms with Crippen LogP contribution in [0.1, 0.15) is 32.3 Å². The predicted molar refractivity (Wildman–Crippen MR) is 105 cm³/mol. The molecule has 0 aliphatic carbocycles. The predicted octanol–water partition coefficient (Wildman–Crippen LogP) is 3.48. The van der Waals surface area contributed by atoms with Crippen molar-refractivity contribution in [1.29, 1.82) is 0 Å². The van der Waals surface area contributed by atoms with Crippen LogP contribution in [0.2, 0.25) is 0 Å². The molecule has 2 rings (SSSR count). The minimum absolute atomic E-state index is 0.0336. The fourth-order valence-electron chi connectivity index (χ4n) is 2.82. The lowest BCUT2D eigenvalue weighted by Crippen LogP contribution is -2.38. The zero-order valence-electron chi connectivity index (χ0n) is 16.5. The largest absolute Gasteiger partial charge is 0.490 e. The van der Waals surface area contributed by atoms with Crippen LogP contribution in [0.25, 0.3) is 0 Å². The number of benzene rings is 1. The summed E-state index contributed by atoms with van der Waals surface area (Å²) in [5.74, 6) is 0.950. The van der Waals surface area contributed by atoms with E-state index < -0.39 is 6.61 Å². The zero-order chi connectivity index (χ0) is 20.2. The summed E-state index contributed by atoms with van der Waals surface area (Å²) in [5, 5.41) is 6.44. The fourth-order valence-corrected chi connectivity index (χ4v) is 2.82. The normalized spacial score (nSPS) is 14.6. The highest BCUT2D eigenvalue weighted by Gasteiger charge is 2.15. The first-order chi connectivity index (χ1) is 13.6. The summed E-state index contributed by atoms with van der Waals surface area (Å²) in [6.07, 6.45) is 3.98. The lowest BCUT2D eigenvalue weighted by atomic mass is 10.1. The quantitative estimate of drug-likeness (QED) is 0.360. The smallest absolute Gasteiger partial charge is 0.387 e. The van der Waals surface area contributed by atoms with E-state index in [9.17, 15) is 8.78 Å². The molecule has 0 amide bonds. The van der Waals surface area contributed by atoms with E-state index in [0.29, 0.717) is 37.0 Å². The van der Waals surface area contributed by atoms with E-state index in [1.54, 1.807) is 25.1 Å². The summed E-state index contributed by atoms with van der Waals surface area (Å²) >= 11 is 0. The van der Waals surface area contributed by atoms with E-state index in [1.807, 2.05) is 6.92 Å². The summed E-state index contributed by atoms with van der Waals surface area (Å²) in [6.45, 7) is 4.25. The van der Waals surface area contributed by atoms with Gasteiger partial charge in [0.25, 0.3) is 0 Å². The topological polar surface area (TPSA) is 64.1 Å². The minimum Gasteiger partial charge on any atom is -0.490 e. The Morgan fingerprint density at radius 3 is 2.82 bits per heavy atom. The molecule has 1 aliphatic heterocycles. The van der Waals surface area contributed by atoms with Crippen LogP contribution in [-0.2, 0) is 11.3 Å². The highest BCUT2D eigenvalue weighted by molar-refractivity contribution is 5.79. The Labute approximate surface area is 165 Å². The Morgan fingerprint density at radius 2 is 2.14 bits per heavy atom. The van der Waals surface area contributed by atoms with Crippen LogP contribution in [0.15, 0.2) is 34.8 Å². The molecule has 28 heavy (non-hydrogen) atoms. The second-order valence-electron chi connectivity index (χ2n) is 6.12. The van der Waals surface area contributed by atoms with Gasteiger partial charge in [-0.3, -0.25) is 0 Å². The van der Waals surface area contributed by atoms with Crippen LogP contribution < -0.4 is 20.1 Å². The van der Waals surface area contributed by atoms with E-state index in [-0.39, 0.29) is 12.3 Å². The standard InChI is InChI=1S/C20H29F2N3O3/c1-3-23-20(24-11-8-15-9-12-26-13-10-15)25-14-16-6-5-7-17(27-4-2)18(16)28-19(21)22/h5-7,9,19H,3-4,8,10-14H2,1-2H3,(H2,23,24,25). The van der Waals surface area contributed by atoms with Gasteiger partial charge >= 0.3 is 6.61 Å². The first kappa shape index (κ1) is 21.9. The number of rotatable bonds is 10. The molecule has 1 heterocycles. The first-order valence-corrected chi connectivity index (χ1v) is 9.61. The molecular formula is C20H29F2N3O3. The number of ether oxygens (including phenoxy) is 3. The number of aliphatic imine (C=N–C) groups is 1. The monoisotopic (exact) mass is 397 g/mol. The third-order valence-electron chi connectivity index (χ3n) is 4.11. The number of guanidine groups is 1. The summed E-state index contributed by atoms with van der Waals surface area (Å²) in [6, 6.07) is 5.06. The van der Waals surface area contributed by atoms with E-state index in [2.05, 4.69) is 21.7 Å². The third-order valence-corrected chi connectivity index (χ3v) is 4.11. The molecular weight excluding hydrogens is 368 g/mol. The maximum Gasteiger partial charge on any atom is 0.387 e. The maximum absolute atomic E-state index is 12.8. The molecule has 8 heteroatoms. The second-order valence-corrected chi connectivity index (χ2v) is 6.12. The molecule has 6 nitrogen and oxygen atoms in total. The number of para-hydroxylation sites is 1. The van der Waals surface area contributed by atoms with Crippen molar-refractivity contribution in [2.24, 2.45) is 4.99 Å². The lowest BCUT2D eigenvalue weighted by Gasteiger charge is -2.16. The molecule has 0 bridgehead atoms. The SMILES string of the molecule is CCNC(=NCc1cccc(OCC)c1OC(F)F)NCCC1=CCOCC1. The van der Waals surface area contributed by atoms with Crippen molar-refractivity contribution in [3.63, 3.8) is 0 Å². The number of halogens is 2. The Morgan fingerprint density at radius 1 is 1.29 bits per heavy atom. The van der Waals surface area contributed by atoms with E-state index in [1.165, 1.54) is 5.57 Å². The van der Waals surface area contributed by atoms with E-state index in [4.69, 9.17) is 14.2 Å². The first-order valence-electron chi connectivity index (χ1n) is 9.61. The van der Waals surface area contributed by atoms with Crippen LogP contribution in [0.5, 0.6) is 11.5 Å². The van der Waals surface area contributed by atoms with Crippen molar-refractivity contribution < 1.29 is 23.0 Å². The van der Waals surface area contributed by atoms with E-state index in [0.717, 1.165) is 26.0 Å². The Hall–Kier alpha value is -2.35. The molecule has 156 valence electrons. The minimum atomic E-state index is -2.93.